The summed E-state index contributed by atoms with van der Waals surface area (Å²) in [4.78, 5) is 33.2. The number of hydrogen-bond acceptors (Lipinski definition) is 8. The molecule has 0 aromatic carbocycles. The number of aromatic nitrogens is 4. The number of carbonyl (C=O) groups is 1. The Balaban J connectivity index is 1.86. The number of H-pyrrole nitrogens is 1. The molecule has 11 heteroatoms. The molecule has 2 aromatic rings. The van der Waals surface area contributed by atoms with E-state index < -0.39 is 17.3 Å². The van der Waals surface area contributed by atoms with Gasteiger partial charge in [-0.05, 0) is 6.66 Å². The van der Waals surface area contributed by atoms with Crippen molar-refractivity contribution in [2.75, 3.05) is 25.6 Å². The summed E-state index contributed by atoms with van der Waals surface area (Å²) in [6, 6.07) is 0. The fourth-order valence-electron chi connectivity index (χ4n) is 1.64. The number of fused-ring (bicyclic) bond motifs is 1. The van der Waals surface area contributed by atoms with Crippen molar-refractivity contribution in [2.45, 2.75) is 12.5 Å². The third-order valence-electron chi connectivity index (χ3n) is 2.76. The van der Waals surface area contributed by atoms with E-state index in [1.807, 2.05) is 6.66 Å². The van der Waals surface area contributed by atoms with Crippen molar-refractivity contribution in [3.05, 3.63) is 16.7 Å². The van der Waals surface area contributed by atoms with Crippen molar-refractivity contribution in [1.29, 1.82) is 0 Å². The maximum absolute atomic E-state index is 11.6. The molecule has 0 fully saturated rings. The van der Waals surface area contributed by atoms with Gasteiger partial charge in [0.25, 0.3) is 5.56 Å². The summed E-state index contributed by atoms with van der Waals surface area (Å²) in [7, 11) is 0.290. The molecule has 0 amide bonds. The largest absolute Gasteiger partial charge is 0.462 e. The molecule has 0 bridgehead atoms. The maximum atomic E-state index is 11.6. The number of nitrogens with one attached hydrogen (secondary N) is 1. The standard InChI is InChI=1S/C11H17N6O4P/c1-22-7(12)10(19)21-3-2-20-5-17-4-14-6-8(17)15-11(13)16-9(6)18/h4,7,22H,2-3,5,12H2,1H3,(H3,13,15,16,18). The van der Waals surface area contributed by atoms with Crippen LogP contribution in [0.3, 0.4) is 0 Å². The zero-order valence-electron chi connectivity index (χ0n) is 11.9. The van der Waals surface area contributed by atoms with E-state index >= 15 is 0 Å². The van der Waals surface area contributed by atoms with Crippen LogP contribution in [0.2, 0.25) is 0 Å². The Morgan fingerprint density at radius 2 is 2.32 bits per heavy atom. The lowest BCUT2D eigenvalue weighted by Gasteiger charge is -2.10. The van der Waals surface area contributed by atoms with Crippen LogP contribution >= 0.6 is 8.58 Å². The number of carbonyl (C=O) groups excluding carboxylic acids is 1. The third kappa shape index (κ3) is 3.79. The van der Waals surface area contributed by atoms with Gasteiger partial charge in [0.1, 0.15) is 19.1 Å². The fraction of sp³-hybridized carbons (Fsp3) is 0.455. The van der Waals surface area contributed by atoms with E-state index in [0.717, 1.165) is 0 Å². The second-order valence-corrected chi connectivity index (χ2v) is 5.51. The van der Waals surface area contributed by atoms with Crippen LogP contribution in [0.1, 0.15) is 0 Å². The maximum Gasteiger partial charge on any atom is 0.327 e. The molecule has 2 atom stereocenters. The zero-order chi connectivity index (χ0) is 16.1. The first-order chi connectivity index (χ1) is 10.5. The summed E-state index contributed by atoms with van der Waals surface area (Å²) in [5.74, 6) is -1.03. The molecular weight excluding hydrogens is 311 g/mol. The Bertz CT molecular complexity index is 714. The second-order valence-electron chi connectivity index (χ2n) is 4.31. The molecule has 22 heavy (non-hydrogen) atoms. The van der Waals surface area contributed by atoms with Crippen molar-refractivity contribution in [2.24, 2.45) is 5.73 Å². The number of imidazole rings is 1. The lowest BCUT2D eigenvalue weighted by Crippen LogP contribution is -2.28. The van der Waals surface area contributed by atoms with Gasteiger partial charge in [0.05, 0.1) is 12.9 Å². The van der Waals surface area contributed by atoms with Gasteiger partial charge in [0.2, 0.25) is 5.95 Å². The molecule has 0 aliphatic rings. The Hall–Kier alpha value is -2.03. The summed E-state index contributed by atoms with van der Waals surface area (Å²) in [6.07, 6.45) is 1.42. The van der Waals surface area contributed by atoms with Gasteiger partial charge >= 0.3 is 5.97 Å². The summed E-state index contributed by atoms with van der Waals surface area (Å²) in [5, 5.41) is 0. The number of nitrogen functional groups attached to an aromatic ring is 1. The van der Waals surface area contributed by atoms with Crippen molar-refractivity contribution < 1.29 is 14.3 Å². The number of hydrogen-bond donors (Lipinski definition) is 3. The monoisotopic (exact) mass is 328 g/mol. The number of ether oxygens (including phenoxy) is 2. The van der Waals surface area contributed by atoms with E-state index in [1.54, 1.807) is 0 Å². The van der Waals surface area contributed by atoms with E-state index in [-0.39, 0.29) is 40.0 Å². The minimum Gasteiger partial charge on any atom is -0.462 e. The minimum absolute atomic E-state index is 0.00238. The summed E-state index contributed by atoms with van der Waals surface area (Å²) in [5.41, 5.74) is 11.1. The molecule has 2 heterocycles. The molecule has 0 saturated carbocycles. The lowest BCUT2D eigenvalue weighted by atomic mass is 10.5. The van der Waals surface area contributed by atoms with Crippen molar-refractivity contribution in [3.8, 4) is 0 Å². The van der Waals surface area contributed by atoms with Crippen LogP contribution in [0.4, 0.5) is 5.95 Å². The molecule has 10 nitrogen and oxygen atoms in total. The SMILES string of the molecule is CPC(N)C(=O)OCCOCn1cnc2c(=O)[nH]c(N)nc21. The molecule has 5 N–H and O–H groups in total. The smallest absolute Gasteiger partial charge is 0.327 e. The van der Waals surface area contributed by atoms with Gasteiger partial charge < -0.3 is 20.9 Å². The average molecular weight is 328 g/mol. The van der Waals surface area contributed by atoms with Crippen LogP contribution < -0.4 is 17.0 Å². The molecule has 0 radical (unpaired) electrons. The number of nitrogens with zero attached hydrogens (tertiary/aromatic N) is 3. The summed E-state index contributed by atoms with van der Waals surface area (Å²) < 4.78 is 11.8. The number of rotatable bonds is 7. The van der Waals surface area contributed by atoms with Gasteiger partial charge in [0.15, 0.2) is 11.2 Å². The van der Waals surface area contributed by atoms with Crippen molar-refractivity contribution in [3.63, 3.8) is 0 Å². The van der Waals surface area contributed by atoms with Gasteiger partial charge in [-0.1, -0.05) is 8.58 Å². The first-order valence-corrected chi connectivity index (χ1v) is 7.98. The molecule has 120 valence electrons. The van der Waals surface area contributed by atoms with Gasteiger partial charge in [-0.3, -0.25) is 14.3 Å². The van der Waals surface area contributed by atoms with Gasteiger partial charge in [-0.2, -0.15) is 4.98 Å². The molecule has 2 aromatic heterocycles. The predicted molar refractivity (Wildman–Crippen MR) is 81.7 cm³/mol. The van der Waals surface area contributed by atoms with Crippen LogP contribution in [-0.4, -0.2) is 51.1 Å². The van der Waals surface area contributed by atoms with Crippen molar-refractivity contribution >= 4 is 31.7 Å². The highest BCUT2D eigenvalue weighted by Gasteiger charge is 2.12. The number of nitrogens with two attached hydrogens (primary N) is 2. The average Bonchev–Trinajstić information content (AvgIpc) is 2.89. The van der Waals surface area contributed by atoms with Gasteiger partial charge in [0, 0.05) is 0 Å². The summed E-state index contributed by atoms with van der Waals surface area (Å²) >= 11 is 0. The fourth-order valence-corrected chi connectivity index (χ4v) is 1.96. The number of aromatic amines is 1. The highest BCUT2D eigenvalue weighted by atomic mass is 31.1. The van der Waals surface area contributed by atoms with E-state index in [9.17, 15) is 9.59 Å². The highest BCUT2D eigenvalue weighted by Crippen LogP contribution is 2.09. The molecule has 0 aliphatic carbocycles. The molecule has 2 rings (SSSR count). The lowest BCUT2D eigenvalue weighted by molar-refractivity contribution is -0.144. The van der Waals surface area contributed by atoms with Gasteiger partial charge in [-0.25, -0.2) is 9.78 Å². The second kappa shape index (κ2) is 7.30. The first kappa shape index (κ1) is 16.3. The third-order valence-corrected chi connectivity index (χ3v) is 3.62. The molecular formula is C11H17N6O4P. The first-order valence-electron chi connectivity index (χ1n) is 6.40. The van der Waals surface area contributed by atoms with Gasteiger partial charge in [-0.15, -0.1) is 0 Å². The highest BCUT2D eigenvalue weighted by molar-refractivity contribution is 7.39. The zero-order valence-corrected chi connectivity index (χ0v) is 12.9. The predicted octanol–water partition coefficient (Wildman–Crippen LogP) is -1.19. The van der Waals surface area contributed by atoms with E-state index in [1.165, 1.54) is 10.9 Å². The van der Waals surface area contributed by atoms with Crippen LogP contribution in [0, 0.1) is 0 Å². The minimum atomic E-state index is -0.587. The van der Waals surface area contributed by atoms with Crippen LogP contribution in [-0.2, 0) is 21.0 Å². The van der Waals surface area contributed by atoms with Crippen LogP contribution in [0.5, 0.6) is 0 Å². The Morgan fingerprint density at radius 1 is 1.55 bits per heavy atom. The van der Waals surface area contributed by atoms with E-state index in [0.29, 0.717) is 5.65 Å². The van der Waals surface area contributed by atoms with E-state index in [4.69, 9.17) is 20.9 Å². The van der Waals surface area contributed by atoms with Crippen LogP contribution in [0.15, 0.2) is 11.1 Å². The number of anilines is 1. The Morgan fingerprint density at radius 3 is 3.05 bits per heavy atom. The molecule has 0 spiro atoms. The Kier molecular flexibility index (Phi) is 5.42. The molecule has 0 saturated heterocycles. The molecule has 0 aliphatic heterocycles. The summed E-state index contributed by atoms with van der Waals surface area (Å²) in [6.45, 7) is 2.21. The number of esters is 1. The van der Waals surface area contributed by atoms with E-state index in [2.05, 4.69) is 15.0 Å². The topological polar surface area (TPSA) is 151 Å². The van der Waals surface area contributed by atoms with Crippen LogP contribution in [0.25, 0.3) is 11.2 Å². The quantitative estimate of drug-likeness (QED) is 0.326. The normalized spacial score (nSPS) is 13.0. The Labute approximate surface area is 127 Å². The molecule has 2 unspecified atom stereocenters. The van der Waals surface area contributed by atoms with Crippen molar-refractivity contribution in [1.82, 2.24) is 19.5 Å².